The van der Waals surface area contributed by atoms with E-state index < -0.39 is 0 Å². The summed E-state index contributed by atoms with van der Waals surface area (Å²) < 4.78 is 2.21. The summed E-state index contributed by atoms with van der Waals surface area (Å²) in [5.41, 5.74) is 4.85. The van der Waals surface area contributed by atoms with Gasteiger partial charge in [0.2, 0.25) is 0 Å². The van der Waals surface area contributed by atoms with Gasteiger partial charge in [-0.2, -0.15) is 0 Å². The smallest absolute Gasteiger partial charge is 0.178 e. The number of nitrogens with zero attached hydrogens (tertiary/aromatic N) is 3. The number of Topliss-reactive ketones (excluding diaryl/α,β-unsaturated/α-hetero) is 1. The van der Waals surface area contributed by atoms with E-state index in [9.17, 15) is 4.79 Å². The van der Waals surface area contributed by atoms with E-state index in [1.807, 2.05) is 50.3 Å². The Kier molecular flexibility index (Phi) is 7.37. The van der Waals surface area contributed by atoms with Crippen LogP contribution in [0, 0.1) is 6.92 Å². The van der Waals surface area contributed by atoms with Crippen LogP contribution in [0.4, 0.5) is 0 Å². The minimum atomic E-state index is -0.0274. The molecular formula is C26H26ClN3O. The van der Waals surface area contributed by atoms with E-state index in [1.54, 1.807) is 25.5 Å². The van der Waals surface area contributed by atoms with Crippen LogP contribution in [0.1, 0.15) is 42.4 Å². The predicted molar refractivity (Wildman–Crippen MR) is 132 cm³/mol. The Bertz CT molecular complexity index is 1270. The van der Waals surface area contributed by atoms with E-state index in [4.69, 9.17) is 11.6 Å². The Hall–Kier alpha value is -3.24. The average Bonchev–Trinajstić information content (AvgIpc) is 3.08. The number of pyridine rings is 1. The number of rotatable bonds is 4. The van der Waals surface area contributed by atoms with Gasteiger partial charge in [-0.3, -0.25) is 14.8 Å². The summed E-state index contributed by atoms with van der Waals surface area (Å²) in [5, 5.41) is 2.91. The molecule has 2 heterocycles. The van der Waals surface area contributed by atoms with Crippen LogP contribution in [0.3, 0.4) is 0 Å². The first-order valence-electron chi connectivity index (χ1n) is 10.2. The summed E-state index contributed by atoms with van der Waals surface area (Å²) >= 11 is 6.41. The minimum Gasteiger partial charge on any atom is -0.335 e. The monoisotopic (exact) mass is 431 g/mol. The first-order valence-corrected chi connectivity index (χ1v) is 10.6. The number of para-hydroxylation sites is 1. The second kappa shape index (κ2) is 10.2. The fourth-order valence-electron chi connectivity index (χ4n) is 3.48. The third-order valence-corrected chi connectivity index (χ3v) is 5.30. The Labute approximate surface area is 187 Å². The number of hydrogen-bond donors (Lipinski definition) is 0. The maximum Gasteiger partial charge on any atom is 0.178 e. The van der Waals surface area contributed by atoms with E-state index in [1.165, 1.54) is 5.56 Å². The highest BCUT2D eigenvalue weighted by molar-refractivity contribution is 6.31. The van der Waals surface area contributed by atoms with E-state index >= 15 is 0 Å². The molecule has 0 spiro atoms. The largest absolute Gasteiger partial charge is 0.335 e. The summed E-state index contributed by atoms with van der Waals surface area (Å²) in [5.74, 6) is -0.0274. The second-order valence-electron chi connectivity index (χ2n) is 7.23. The number of carbonyl (C=O) groups excluding carboxylic acids is 1. The zero-order chi connectivity index (χ0) is 22.4. The maximum atomic E-state index is 11.7. The van der Waals surface area contributed by atoms with Crippen molar-refractivity contribution in [2.45, 2.75) is 34.2 Å². The number of aliphatic imine (C=N–C) groups is 1. The highest BCUT2D eigenvalue weighted by atomic mass is 35.5. The molecule has 0 bridgehead atoms. The lowest BCUT2D eigenvalue weighted by Crippen LogP contribution is -2.02. The molecule has 0 aliphatic heterocycles. The summed E-state index contributed by atoms with van der Waals surface area (Å²) in [4.78, 5) is 19.8. The molecule has 0 atom stereocenters. The van der Waals surface area contributed by atoms with E-state index in [2.05, 4.69) is 39.7 Å². The van der Waals surface area contributed by atoms with Gasteiger partial charge in [0.15, 0.2) is 5.78 Å². The molecule has 4 aromatic rings. The molecule has 4 rings (SSSR count). The van der Waals surface area contributed by atoms with Crippen molar-refractivity contribution in [2.75, 3.05) is 0 Å². The SMILES string of the molecule is CC(=O)c1cc2c3ccccc3n(Cc3cc(C)ccc3Cl)c2cn1.CC=N/C=C\C. The number of aryl methyl sites for hydroxylation is 1. The van der Waals surface area contributed by atoms with Gasteiger partial charge >= 0.3 is 0 Å². The van der Waals surface area contributed by atoms with E-state index in [-0.39, 0.29) is 5.78 Å². The predicted octanol–water partition coefficient (Wildman–Crippen LogP) is 7.01. The number of allylic oxidation sites excluding steroid dienone is 1. The molecule has 0 unspecified atom stereocenters. The van der Waals surface area contributed by atoms with Gasteiger partial charge in [0.1, 0.15) is 5.69 Å². The van der Waals surface area contributed by atoms with Crippen LogP contribution in [0.15, 0.2) is 72.0 Å². The van der Waals surface area contributed by atoms with Crippen LogP contribution in [-0.4, -0.2) is 21.5 Å². The normalized spacial score (nSPS) is 11.4. The average molecular weight is 432 g/mol. The standard InChI is InChI=1S/C21H17ClN2O.C5H9N/c1-13-7-8-18(22)15(9-13)12-24-20-6-4-3-5-16(20)17-10-19(14(2)25)23-11-21(17)24;1-3-5-6-4-2/h3-11H,12H2,1-2H3;3-5H,1-2H3/b;5-3-,6-4?. The summed E-state index contributed by atoms with van der Waals surface area (Å²) in [6.07, 6.45) is 7.18. The molecule has 0 N–H and O–H groups in total. The van der Waals surface area contributed by atoms with E-state index in [0.717, 1.165) is 32.4 Å². The zero-order valence-electron chi connectivity index (χ0n) is 18.3. The highest BCUT2D eigenvalue weighted by Crippen LogP contribution is 2.31. The van der Waals surface area contributed by atoms with Gasteiger partial charge in [-0.15, -0.1) is 0 Å². The van der Waals surface area contributed by atoms with Crippen molar-refractivity contribution < 1.29 is 4.79 Å². The Morgan fingerprint density at radius 3 is 2.55 bits per heavy atom. The van der Waals surface area contributed by atoms with Crippen LogP contribution in [0.2, 0.25) is 5.02 Å². The van der Waals surface area contributed by atoms with Crippen molar-refractivity contribution in [2.24, 2.45) is 4.99 Å². The van der Waals surface area contributed by atoms with Crippen molar-refractivity contribution in [1.29, 1.82) is 0 Å². The van der Waals surface area contributed by atoms with Crippen molar-refractivity contribution in [3.8, 4) is 0 Å². The quantitative estimate of drug-likeness (QED) is 0.257. The number of halogens is 1. The van der Waals surface area contributed by atoms with Crippen LogP contribution in [0.5, 0.6) is 0 Å². The molecule has 0 aliphatic rings. The van der Waals surface area contributed by atoms with Gasteiger partial charge in [-0.25, -0.2) is 0 Å². The lowest BCUT2D eigenvalue weighted by atomic mass is 10.1. The summed E-state index contributed by atoms with van der Waals surface area (Å²) in [6.45, 7) is 8.09. The molecule has 2 aromatic heterocycles. The molecule has 0 saturated carbocycles. The number of aromatic nitrogens is 2. The van der Waals surface area contributed by atoms with Gasteiger partial charge in [-0.05, 0) is 44.5 Å². The van der Waals surface area contributed by atoms with Crippen LogP contribution >= 0.6 is 11.6 Å². The molecule has 4 nitrogen and oxygen atoms in total. The third kappa shape index (κ3) is 5.09. The lowest BCUT2D eigenvalue weighted by molar-refractivity contribution is 0.101. The van der Waals surface area contributed by atoms with E-state index in [0.29, 0.717) is 12.2 Å². The second-order valence-corrected chi connectivity index (χ2v) is 7.64. The summed E-state index contributed by atoms with van der Waals surface area (Å²) in [6, 6.07) is 16.1. The molecule has 0 aliphatic carbocycles. The first-order chi connectivity index (χ1) is 15.0. The van der Waals surface area contributed by atoms with Crippen LogP contribution < -0.4 is 0 Å². The number of ketones is 1. The lowest BCUT2D eigenvalue weighted by Gasteiger charge is -2.10. The van der Waals surface area contributed by atoms with Gasteiger partial charge in [-0.1, -0.05) is 53.6 Å². The van der Waals surface area contributed by atoms with Gasteiger partial charge in [0.25, 0.3) is 0 Å². The molecule has 0 fully saturated rings. The molecule has 158 valence electrons. The van der Waals surface area contributed by atoms with Crippen LogP contribution in [0.25, 0.3) is 21.8 Å². The Morgan fingerprint density at radius 2 is 1.87 bits per heavy atom. The number of carbonyl (C=O) groups is 1. The molecule has 31 heavy (non-hydrogen) atoms. The fraction of sp³-hybridized carbons (Fsp3) is 0.192. The number of benzene rings is 2. The zero-order valence-corrected chi connectivity index (χ0v) is 19.0. The van der Waals surface area contributed by atoms with Crippen molar-refractivity contribution in [3.63, 3.8) is 0 Å². The molecule has 0 amide bonds. The highest BCUT2D eigenvalue weighted by Gasteiger charge is 2.14. The summed E-state index contributed by atoms with van der Waals surface area (Å²) in [7, 11) is 0. The number of hydrogen-bond acceptors (Lipinski definition) is 3. The number of fused-ring (bicyclic) bond motifs is 3. The van der Waals surface area contributed by atoms with Gasteiger partial charge < -0.3 is 4.57 Å². The van der Waals surface area contributed by atoms with Crippen molar-refractivity contribution in [1.82, 2.24) is 9.55 Å². The molecule has 0 saturated heterocycles. The van der Waals surface area contributed by atoms with Gasteiger partial charge in [0, 0.05) is 47.2 Å². The topological polar surface area (TPSA) is 47.2 Å². The van der Waals surface area contributed by atoms with Gasteiger partial charge in [0.05, 0.1) is 11.7 Å². The fourth-order valence-corrected chi connectivity index (χ4v) is 3.65. The minimum absolute atomic E-state index is 0.0274. The van der Waals surface area contributed by atoms with Crippen molar-refractivity contribution >= 4 is 45.4 Å². The molecule has 2 aromatic carbocycles. The Balaban J connectivity index is 0.000000401. The molecule has 5 heteroatoms. The third-order valence-electron chi connectivity index (χ3n) is 4.93. The molecular weight excluding hydrogens is 406 g/mol. The molecule has 0 radical (unpaired) electrons. The maximum absolute atomic E-state index is 11.7. The Morgan fingerprint density at radius 1 is 1.10 bits per heavy atom. The van der Waals surface area contributed by atoms with Crippen LogP contribution in [-0.2, 0) is 6.54 Å². The van der Waals surface area contributed by atoms with Crippen molar-refractivity contribution in [3.05, 3.63) is 88.8 Å². The first kappa shape index (κ1) is 22.4.